The molecular formula is C14H20N2O3. The molecule has 0 saturated carbocycles. The topological polar surface area (TPSA) is 59.6 Å². The van der Waals surface area contributed by atoms with Gasteiger partial charge in [-0.2, -0.15) is 0 Å². The lowest BCUT2D eigenvalue weighted by Gasteiger charge is -2.25. The molecule has 104 valence electrons. The average molecular weight is 264 g/mol. The van der Waals surface area contributed by atoms with E-state index in [1.807, 2.05) is 31.2 Å². The van der Waals surface area contributed by atoms with Crippen LogP contribution in [0.1, 0.15) is 18.5 Å². The third-order valence-corrected chi connectivity index (χ3v) is 3.19. The largest absolute Gasteiger partial charge is 0.497 e. The highest BCUT2D eigenvalue weighted by Gasteiger charge is 2.22. The molecule has 0 spiro atoms. The van der Waals surface area contributed by atoms with Crippen molar-refractivity contribution in [2.24, 2.45) is 0 Å². The number of hydrogen-bond acceptors (Lipinski definition) is 4. The van der Waals surface area contributed by atoms with Crippen LogP contribution in [0.4, 0.5) is 0 Å². The summed E-state index contributed by atoms with van der Waals surface area (Å²) >= 11 is 0. The summed E-state index contributed by atoms with van der Waals surface area (Å²) in [7, 11) is 1.63. The molecule has 5 nitrogen and oxygen atoms in total. The van der Waals surface area contributed by atoms with Crippen LogP contribution in [0.25, 0.3) is 0 Å². The molecule has 1 aliphatic heterocycles. The van der Waals surface area contributed by atoms with Crippen molar-refractivity contribution in [3.05, 3.63) is 29.8 Å². The van der Waals surface area contributed by atoms with Gasteiger partial charge in [0.1, 0.15) is 11.8 Å². The van der Waals surface area contributed by atoms with Crippen molar-refractivity contribution in [3.63, 3.8) is 0 Å². The van der Waals surface area contributed by atoms with E-state index >= 15 is 0 Å². The first-order valence-electron chi connectivity index (χ1n) is 6.46. The van der Waals surface area contributed by atoms with E-state index in [2.05, 4.69) is 10.6 Å². The molecule has 2 unspecified atom stereocenters. The minimum atomic E-state index is -0.262. The van der Waals surface area contributed by atoms with Crippen LogP contribution in [-0.4, -0.2) is 38.8 Å². The summed E-state index contributed by atoms with van der Waals surface area (Å²) in [6, 6.07) is 7.37. The van der Waals surface area contributed by atoms with E-state index in [9.17, 15) is 4.79 Å². The van der Waals surface area contributed by atoms with Crippen LogP contribution in [0, 0.1) is 0 Å². The monoisotopic (exact) mass is 264 g/mol. The number of methoxy groups -OCH3 is 1. The molecule has 2 rings (SSSR count). The molecule has 1 saturated heterocycles. The zero-order chi connectivity index (χ0) is 13.7. The van der Waals surface area contributed by atoms with Gasteiger partial charge in [-0.3, -0.25) is 4.79 Å². The Hall–Kier alpha value is -1.59. The molecule has 1 fully saturated rings. The second kappa shape index (κ2) is 6.54. The van der Waals surface area contributed by atoms with Crippen LogP contribution in [0.2, 0.25) is 0 Å². The Bertz CT molecular complexity index is 430. The maximum atomic E-state index is 12.1. The molecule has 1 heterocycles. The second-order valence-corrected chi connectivity index (χ2v) is 4.59. The van der Waals surface area contributed by atoms with Crippen LogP contribution in [0.5, 0.6) is 5.75 Å². The van der Waals surface area contributed by atoms with E-state index in [1.54, 1.807) is 7.11 Å². The SMILES string of the molecule is COc1cccc(C(C)NC(=O)C2COCCN2)c1. The van der Waals surface area contributed by atoms with Gasteiger partial charge in [-0.05, 0) is 24.6 Å². The van der Waals surface area contributed by atoms with Gasteiger partial charge in [0.25, 0.3) is 0 Å². The van der Waals surface area contributed by atoms with Crippen molar-refractivity contribution in [2.75, 3.05) is 26.9 Å². The molecule has 2 N–H and O–H groups in total. The average Bonchev–Trinajstić information content (AvgIpc) is 2.48. The highest BCUT2D eigenvalue weighted by atomic mass is 16.5. The normalized spacial score (nSPS) is 20.6. The molecule has 1 aromatic carbocycles. The Morgan fingerprint density at radius 2 is 2.42 bits per heavy atom. The van der Waals surface area contributed by atoms with Crippen molar-refractivity contribution < 1.29 is 14.3 Å². The first-order chi connectivity index (χ1) is 9.20. The Labute approximate surface area is 113 Å². The van der Waals surface area contributed by atoms with E-state index in [-0.39, 0.29) is 18.0 Å². The van der Waals surface area contributed by atoms with Gasteiger partial charge in [-0.1, -0.05) is 12.1 Å². The third-order valence-electron chi connectivity index (χ3n) is 3.19. The summed E-state index contributed by atoms with van der Waals surface area (Å²) in [6.45, 7) is 3.76. The fraction of sp³-hybridized carbons (Fsp3) is 0.500. The van der Waals surface area contributed by atoms with E-state index in [0.717, 1.165) is 11.3 Å². The predicted molar refractivity (Wildman–Crippen MR) is 72.2 cm³/mol. The Morgan fingerprint density at radius 1 is 1.58 bits per heavy atom. The molecule has 19 heavy (non-hydrogen) atoms. The van der Waals surface area contributed by atoms with Crippen LogP contribution < -0.4 is 15.4 Å². The van der Waals surface area contributed by atoms with Crippen LogP contribution in [-0.2, 0) is 9.53 Å². The van der Waals surface area contributed by atoms with Gasteiger partial charge < -0.3 is 20.1 Å². The number of ether oxygens (including phenoxy) is 2. The number of amides is 1. The summed E-state index contributed by atoms with van der Waals surface area (Å²) in [5.74, 6) is 0.757. The number of hydrogen-bond donors (Lipinski definition) is 2. The summed E-state index contributed by atoms with van der Waals surface area (Å²) in [5, 5.41) is 6.12. The van der Waals surface area contributed by atoms with Crippen LogP contribution in [0.15, 0.2) is 24.3 Å². The second-order valence-electron chi connectivity index (χ2n) is 4.59. The number of benzene rings is 1. The Morgan fingerprint density at radius 3 is 3.11 bits per heavy atom. The zero-order valence-electron chi connectivity index (χ0n) is 11.3. The summed E-state index contributed by atoms with van der Waals surface area (Å²) < 4.78 is 10.5. The van der Waals surface area contributed by atoms with E-state index < -0.39 is 0 Å². The highest BCUT2D eigenvalue weighted by Crippen LogP contribution is 2.18. The lowest BCUT2D eigenvalue weighted by atomic mass is 10.1. The van der Waals surface area contributed by atoms with Gasteiger partial charge in [-0.15, -0.1) is 0 Å². The van der Waals surface area contributed by atoms with Gasteiger partial charge in [0.05, 0.1) is 26.4 Å². The molecular weight excluding hydrogens is 244 g/mol. The number of carbonyl (C=O) groups excluding carboxylic acids is 1. The van der Waals surface area contributed by atoms with Gasteiger partial charge in [0.15, 0.2) is 0 Å². The summed E-state index contributed by atoms with van der Waals surface area (Å²) in [5.41, 5.74) is 1.02. The standard InChI is InChI=1S/C14H20N2O3/c1-10(11-4-3-5-12(8-11)18-2)16-14(17)13-9-19-7-6-15-13/h3-5,8,10,13,15H,6-7,9H2,1-2H3,(H,16,17). The molecule has 1 aromatic rings. The molecule has 0 aromatic heterocycles. The predicted octanol–water partition coefficient (Wildman–Crippen LogP) is 0.861. The smallest absolute Gasteiger partial charge is 0.240 e. The maximum absolute atomic E-state index is 12.1. The van der Waals surface area contributed by atoms with Gasteiger partial charge >= 0.3 is 0 Å². The highest BCUT2D eigenvalue weighted by molar-refractivity contribution is 5.82. The van der Waals surface area contributed by atoms with Gasteiger partial charge in [0, 0.05) is 6.54 Å². The number of carbonyl (C=O) groups is 1. The quantitative estimate of drug-likeness (QED) is 0.847. The fourth-order valence-electron chi connectivity index (χ4n) is 2.04. The van der Waals surface area contributed by atoms with Gasteiger partial charge in [0.2, 0.25) is 5.91 Å². The van der Waals surface area contributed by atoms with Crippen LogP contribution >= 0.6 is 0 Å². The van der Waals surface area contributed by atoms with Crippen LogP contribution in [0.3, 0.4) is 0 Å². The van der Waals surface area contributed by atoms with Crippen molar-refractivity contribution in [3.8, 4) is 5.75 Å². The minimum absolute atomic E-state index is 0.0324. The lowest BCUT2D eigenvalue weighted by molar-refractivity contribution is -0.126. The molecule has 2 atom stereocenters. The Balaban J connectivity index is 1.95. The van der Waals surface area contributed by atoms with Gasteiger partial charge in [-0.25, -0.2) is 0 Å². The molecule has 0 radical (unpaired) electrons. The van der Waals surface area contributed by atoms with Crippen molar-refractivity contribution >= 4 is 5.91 Å². The minimum Gasteiger partial charge on any atom is -0.497 e. The molecule has 0 bridgehead atoms. The van der Waals surface area contributed by atoms with E-state index in [1.165, 1.54) is 0 Å². The number of nitrogens with one attached hydrogen (secondary N) is 2. The van der Waals surface area contributed by atoms with Crippen molar-refractivity contribution in [1.82, 2.24) is 10.6 Å². The maximum Gasteiger partial charge on any atom is 0.240 e. The number of morpholine rings is 1. The molecule has 1 amide bonds. The van der Waals surface area contributed by atoms with Crippen molar-refractivity contribution in [2.45, 2.75) is 19.0 Å². The summed E-state index contributed by atoms with van der Waals surface area (Å²) in [6.07, 6.45) is 0. The molecule has 5 heteroatoms. The Kier molecular flexibility index (Phi) is 4.76. The third kappa shape index (κ3) is 3.68. The summed E-state index contributed by atoms with van der Waals surface area (Å²) in [4.78, 5) is 12.1. The molecule has 0 aliphatic carbocycles. The lowest BCUT2D eigenvalue weighted by Crippen LogP contribution is -2.51. The van der Waals surface area contributed by atoms with E-state index in [4.69, 9.17) is 9.47 Å². The van der Waals surface area contributed by atoms with Crippen molar-refractivity contribution in [1.29, 1.82) is 0 Å². The fourth-order valence-corrected chi connectivity index (χ4v) is 2.04. The van der Waals surface area contributed by atoms with E-state index in [0.29, 0.717) is 19.8 Å². The first-order valence-corrected chi connectivity index (χ1v) is 6.46. The first kappa shape index (κ1) is 13.8. The zero-order valence-corrected chi connectivity index (χ0v) is 11.3. The number of rotatable bonds is 4. The molecule has 1 aliphatic rings.